The molecule has 0 spiro atoms. The van der Waals surface area contributed by atoms with E-state index in [1.807, 2.05) is 0 Å². The third-order valence-electron chi connectivity index (χ3n) is 1.36. The van der Waals surface area contributed by atoms with Gasteiger partial charge in [-0.2, -0.15) is 0 Å². The third-order valence-corrected chi connectivity index (χ3v) is 3.40. The average molecular weight is 243 g/mol. The topological polar surface area (TPSA) is 87.0 Å². The Morgan fingerprint density at radius 3 is 2.15 bits per heavy atom. The fourth-order valence-electron chi connectivity index (χ4n) is 0.774. The van der Waals surface area contributed by atoms with Gasteiger partial charge in [-0.1, -0.05) is 0 Å². The van der Waals surface area contributed by atoms with Gasteiger partial charge in [-0.25, -0.2) is 0 Å². The Morgan fingerprint density at radius 1 is 1.23 bits per heavy atom. The van der Waals surface area contributed by atoms with Crippen molar-refractivity contribution in [2.24, 2.45) is 4.99 Å². The zero-order valence-electron chi connectivity index (χ0n) is 6.41. The molecule has 0 amide bonds. The number of carbonyl (C=O) groups excluding carboxylic acids is 1. The Labute approximate surface area is 76.7 Å². The Hall–Kier alpha value is -1.12. The summed E-state index contributed by atoms with van der Waals surface area (Å²) in [6, 6.07) is 5.19. The van der Waals surface area contributed by atoms with Crippen LogP contribution in [0.15, 0.2) is 29.3 Å². The second-order valence-corrected chi connectivity index (χ2v) is 5.63. The van der Waals surface area contributed by atoms with E-state index < -0.39 is 14.2 Å². The Kier molecular flexibility index (Phi) is 2.86. The van der Waals surface area contributed by atoms with Crippen LogP contribution in [-0.4, -0.2) is 28.4 Å². The quantitative estimate of drug-likeness (QED) is 0.405. The SMILES string of the molecule is O=C=Nc1ccc([As](=O)(O)O)cc1. The molecule has 0 aliphatic carbocycles. The first kappa shape index (κ1) is 9.96. The normalized spacial score (nSPS) is 10.6. The van der Waals surface area contributed by atoms with E-state index in [9.17, 15) is 8.53 Å². The summed E-state index contributed by atoms with van der Waals surface area (Å²) in [6.07, 6.45) is 1.33. The van der Waals surface area contributed by atoms with Crippen LogP contribution >= 0.6 is 0 Å². The molecule has 0 aromatic heterocycles. The minimum absolute atomic E-state index is 0.0389. The van der Waals surface area contributed by atoms with Crippen LogP contribution in [0.2, 0.25) is 0 Å². The number of aliphatic imine (C=N–C) groups is 1. The maximum atomic E-state index is 10.7. The summed E-state index contributed by atoms with van der Waals surface area (Å²) < 4.78 is 28.3. The first-order chi connectivity index (χ1) is 6.04. The van der Waals surface area contributed by atoms with Crippen LogP contribution in [0.4, 0.5) is 5.69 Å². The van der Waals surface area contributed by atoms with Crippen molar-refractivity contribution in [2.75, 3.05) is 0 Å². The molecule has 2 N–H and O–H groups in total. The van der Waals surface area contributed by atoms with Crippen molar-refractivity contribution in [3.05, 3.63) is 24.3 Å². The van der Waals surface area contributed by atoms with Gasteiger partial charge in [-0.3, -0.25) is 0 Å². The molecule has 0 aliphatic heterocycles. The molecular formula is C7H6AsNO4. The fraction of sp³-hybridized carbons (Fsp3) is 0. The van der Waals surface area contributed by atoms with Crippen molar-refractivity contribution < 1.29 is 16.7 Å². The van der Waals surface area contributed by atoms with E-state index in [1.165, 1.54) is 30.3 Å². The summed E-state index contributed by atoms with van der Waals surface area (Å²) in [5.74, 6) is 0. The predicted molar refractivity (Wildman–Crippen MR) is 44.7 cm³/mol. The van der Waals surface area contributed by atoms with Gasteiger partial charge >= 0.3 is 76.3 Å². The van der Waals surface area contributed by atoms with Crippen LogP contribution in [0.5, 0.6) is 0 Å². The van der Waals surface area contributed by atoms with Crippen molar-refractivity contribution in [1.29, 1.82) is 0 Å². The van der Waals surface area contributed by atoms with E-state index in [1.54, 1.807) is 0 Å². The Morgan fingerprint density at radius 2 is 1.77 bits per heavy atom. The molecule has 1 aromatic carbocycles. The summed E-state index contributed by atoms with van der Waals surface area (Å²) in [5.41, 5.74) is 0.322. The molecule has 13 heavy (non-hydrogen) atoms. The van der Waals surface area contributed by atoms with Gasteiger partial charge in [0.2, 0.25) is 0 Å². The molecule has 0 heterocycles. The molecule has 6 heteroatoms. The number of isocyanates is 1. The molecule has 0 unspecified atom stereocenters. The molecule has 1 rings (SSSR count). The molecule has 0 saturated carbocycles. The summed E-state index contributed by atoms with van der Waals surface area (Å²) in [7, 11) is 0. The van der Waals surface area contributed by atoms with E-state index in [-0.39, 0.29) is 4.35 Å². The van der Waals surface area contributed by atoms with Gasteiger partial charge in [0.05, 0.1) is 0 Å². The fourth-order valence-corrected chi connectivity index (χ4v) is 1.90. The first-order valence-corrected chi connectivity index (χ1v) is 6.66. The first-order valence-electron chi connectivity index (χ1n) is 3.28. The summed E-state index contributed by atoms with van der Waals surface area (Å²) in [5, 5.41) is 0. The van der Waals surface area contributed by atoms with Crippen molar-refractivity contribution in [3.63, 3.8) is 0 Å². The molecular weight excluding hydrogens is 237 g/mol. The second kappa shape index (κ2) is 3.73. The summed E-state index contributed by atoms with van der Waals surface area (Å²) in [6.45, 7) is 0. The third kappa shape index (κ3) is 2.68. The zero-order chi connectivity index (χ0) is 9.90. The van der Waals surface area contributed by atoms with E-state index >= 15 is 0 Å². The van der Waals surface area contributed by atoms with Crippen molar-refractivity contribution >= 4 is 30.3 Å². The molecule has 0 fully saturated rings. The van der Waals surface area contributed by atoms with Gasteiger partial charge in [0.15, 0.2) is 0 Å². The van der Waals surface area contributed by atoms with Crippen molar-refractivity contribution in [3.8, 4) is 0 Å². The van der Waals surface area contributed by atoms with E-state index in [0.717, 1.165) is 0 Å². The Balaban J connectivity index is 3.07. The van der Waals surface area contributed by atoms with Crippen LogP contribution in [0.1, 0.15) is 0 Å². The summed E-state index contributed by atoms with van der Waals surface area (Å²) in [4.78, 5) is 13.1. The number of rotatable bonds is 2. The molecule has 0 saturated heterocycles. The molecule has 0 radical (unpaired) electrons. The maximum absolute atomic E-state index is 10.7. The van der Waals surface area contributed by atoms with E-state index in [0.29, 0.717) is 5.69 Å². The van der Waals surface area contributed by atoms with Crippen LogP contribution in [-0.2, 0) is 8.53 Å². The van der Waals surface area contributed by atoms with Crippen LogP contribution in [0.25, 0.3) is 0 Å². The number of benzene rings is 1. The van der Waals surface area contributed by atoms with Gasteiger partial charge in [-0.15, -0.1) is 0 Å². The van der Waals surface area contributed by atoms with Crippen molar-refractivity contribution in [2.45, 2.75) is 0 Å². The van der Waals surface area contributed by atoms with E-state index in [4.69, 9.17) is 8.19 Å². The predicted octanol–water partition coefficient (Wildman–Crippen LogP) is -0.785. The van der Waals surface area contributed by atoms with E-state index in [2.05, 4.69) is 4.99 Å². The molecule has 0 atom stereocenters. The Bertz CT molecular complexity index is 387. The standard InChI is InChI=1S/C7H6AsNO4/c10-5-9-7-3-1-6(2-4-7)8(11,12)13/h1-4H,(H2,11,12,13). The minimum atomic E-state index is -4.79. The number of hydrogen-bond donors (Lipinski definition) is 2. The average Bonchev–Trinajstić information content (AvgIpc) is 2.04. The van der Waals surface area contributed by atoms with Crippen LogP contribution in [0, 0.1) is 0 Å². The van der Waals surface area contributed by atoms with Crippen LogP contribution in [0.3, 0.4) is 0 Å². The molecule has 5 nitrogen and oxygen atoms in total. The second-order valence-electron chi connectivity index (χ2n) is 2.26. The van der Waals surface area contributed by atoms with Crippen molar-refractivity contribution in [1.82, 2.24) is 0 Å². The number of nitrogens with zero attached hydrogens (tertiary/aromatic N) is 1. The zero-order valence-corrected chi connectivity index (χ0v) is 8.29. The summed E-state index contributed by atoms with van der Waals surface area (Å²) >= 11 is -4.79. The van der Waals surface area contributed by atoms with Gasteiger partial charge in [0.25, 0.3) is 0 Å². The van der Waals surface area contributed by atoms with Gasteiger partial charge in [0, 0.05) is 0 Å². The van der Waals surface area contributed by atoms with Crippen LogP contribution < -0.4 is 4.35 Å². The monoisotopic (exact) mass is 243 g/mol. The van der Waals surface area contributed by atoms with Gasteiger partial charge in [0.1, 0.15) is 0 Å². The molecule has 0 bridgehead atoms. The van der Waals surface area contributed by atoms with Gasteiger partial charge < -0.3 is 0 Å². The molecule has 0 aliphatic rings. The molecule has 68 valence electrons. The number of hydrogen-bond acceptors (Lipinski definition) is 3. The van der Waals surface area contributed by atoms with Gasteiger partial charge in [-0.05, 0) is 0 Å². The molecule has 1 aromatic rings.